The molecular formula is C18H27N3O. The van der Waals surface area contributed by atoms with Gasteiger partial charge in [0.1, 0.15) is 0 Å². The van der Waals surface area contributed by atoms with E-state index in [1.807, 2.05) is 11.9 Å². The number of benzene rings is 1. The Morgan fingerprint density at radius 1 is 1.09 bits per heavy atom. The molecule has 1 N–H and O–H groups in total. The fourth-order valence-electron chi connectivity index (χ4n) is 3.50. The van der Waals surface area contributed by atoms with Crippen LogP contribution in [0.3, 0.4) is 0 Å². The number of amides is 1. The molecule has 0 aliphatic carbocycles. The lowest BCUT2D eigenvalue weighted by atomic mass is 10.0. The van der Waals surface area contributed by atoms with E-state index in [0.717, 1.165) is 44.6 Å². The third-order valence-corrected chi connectivity index (χ3v) is 5.02. The molecule has 0 radical (unpaired) electrons. The number of likely N-dealkylation sites (tertiary alicyclic amines) is 1. The van der Waals surface area contributed by atoms with Crippen molar-refractivity contribution in [2.24, 2.45) is 0 Å². The molecule has 120 valence electrons. The van der Waals surface area contributed by atoms with Crippen LogP contribution in [0.1, 0.15) is 31.2 Å². The number of nitrogens with one attached hydrogen (secondary N) is 1. The van der Waals surface area contributed by atoms with Crippen molar-refractivity contribution < 1.29 is 4.79 Å². The topological polar surface area (TPSA) is 35.6 Å². The second kappa shape index (κ2) is 7.14. The van der Waals surface area contributed by atoms with E-state index >= 15 is 0 Å². The Balaban J connectivity index is 1.55. The zero-order chi connectivity index (χ0) is 15.4. The van der Waals surface area contributed by atoms with E-state index in [4.69, 9.17) is 0 Å². The molecule has 2 heterocycles. The standard InChI is InChI=1S/C18H27N3O/c1-19-16-8-12-20(13-9-16)17-6-4-15(5-7-17)14-18(22)21-10-2-3-11-21/h4-7,16,19H,2-3,8-14H2,1H3. The number of nitrogens with zero attached hydrogens (tertiary/aromatic N) is 2. The van der Waals surface area contributed by atoms with Gasteiger partial charge in [0.15, 0.2) is 0 Å². The number of hydrogen-bond acceptors (Lipinski definition) is 3. The van der Waals surface area contributed by atoms with E-state index < -0.39 is 0 Å². The van der Waals surface area contributed by atoms with Crippen molar-refractivity contribution in [2.45, 2.75) is 38.1 Å². The highest BCUT2D eigenvalue weighted by Crippen LogP contribution is 2.21. The molecule has 0 aromatic heterocycles. The van der Waals surface area contributed by atoms with Crippen LogP contribution in [0.4, 0.5) is 5.69 Å². The molecule has 0 unspecified atom stereocenters. The van der Waals surface area contributed by atoms with E-state index in [-0.39, 0.29) is 5.91 Å². The Morgan fingerprint density at radius 2 is 1.73 bits per heavy atom. The van der Waals surface area contributed by atoms with Gasteiger partial charge in [0, 0.05) is 37.9 Å². The first-order chi connectivity index (χ1) is 10.8. The highest BCUT2D eigenvalue weighted by molar-refractivity contribution is 5.79. The highest BCUT2D eigenvalue weighted by atomic mass is 16.2. The Kier molecular flexibility index (Phi) is 4.98. The molecule has 1 aromatic rings. The van der Waals surface area contributed by atoms with Gasteiger partial charge in [0.05, 0.1) is 6.42 Å². The molecule has 3 rings (SSSR count). The van der Waals surface area contributed by atoms with Gasteiger partial charge in [-0.15, -0.1) is 0 Å². The molecule has 4 heteroatoms. The molecule has 22 heavy (non-hydrogen) atoms. The molecular weight excluding hydrogens is 274 g/mol. The lowest BCUT2D eigenvalue weighted by Crippen LogP contribution is -2.41. The van der Waals surface area contributed by atoms with E-state index in [0.29, 0.717) is 12.5 Å². The van der Waals surface area contributed by atoms with Gasteiger partial charge >= 0.3 is 0 Å². The summed E-state index contributed by atoms with van der Waals surface area (Å²) in [5.41, 5.74) is 2.41. The number of rotatable bonds is 4. The van der Waals surface area contributed by atoms with Crippen LogP contribution in [0.5, 0.6) is 0 Å². The van der Waals surface area contributed by atoms with Crippen molar-refractivity contribution in [2.75, 3.05) is 38.1 Å². The summed E-state index contributed by atoms with van der Waals surface area (Å²) in [4.78, 5) is 16.6. The van der Waals surface area contributed by atoms with Gasteiger partial charge in [-0.05, 0) is 50.4 Å². The summed E-state index contributed by atoms with van der Waals surface area (Å²) in [6.07, 6.45) is 5.26. The van der Waals surface area contributed by atoms with Gasteiger partial charge < -0.3 is 15.1 Å². The summed E-state index contributed by atoms with van der Waals surface area (Å²) < 4.78 is 0. The van der Waals surface area contributed by atoms with Gasteiger partial charge in [0.2, 0.25) is 5.91 Å². The fourth-order valence-corrected chi connectivity index (χ4v) is 3.50. The average molecular weight is 301 g/mol. The maximum absolute atomic E-state index is 12.2. The maximum Gasteiger partial charge on any atom is 0.226 e. The summed E-state index contributed by atoms with van der Waals surface area (Å²) in [5, 5.41) is 3.36. The normalized spacial score (nSPS) is 19.7. The zero-order valence-corrected chi connectivity index (χ0v) is 13.6. The van der Waals surface area contributed by atoms with Crippen LogP contribution in [0, 0.1) is 0 Å². The summed E-state index contributed by atoms with van der Waals surface area (Å²) in [6, 6.07) is 9.24. The first-order valence-corrected chi connectivity index (χ1v) is 8.55. The third-order valence-electron chi connectivity index (χ3n) is 5.02. The predicted molar refractivity (Wildman–Crippen MR) is 90.3 cm³/mol. The Hall–Kier alpha value is -1.55. The van der Waals surface area contributed by atoms with Crippen molar-refractivity contribution in [3.8, 4) is 0 Å². The van der Waals surface area contributed by atoms with E-state index in [9.17, 15) is 4.79 Å². The number of piperidine rings is 1. The minimum absolute atomic E-state index is 0.278. The number of hydrogen-bond donors (Lipinski definition) is 1. The number of carbonyl (C=O) groups excluding carboxylic acids is 1. The zero-order valence-electron chi connectivity index (χ0n) is 13.6. The fraction of sp³-hybridized carbons (Fsp3) is 0.611. The van der Waals surface area contributed by atoms with Gasteiger partial charge in [-0.3, -0.25) is 4.79 Å². The lowest BCUT2D eigenvalue weighted by molar-refractivity contribution is -0.129. The van der Waals surface area contributed by atoms with Crippen LogP contribution in [0.25, 0.3) is 0 Å². The minimum Gasteiger partial charge on any atom is -0.371 e. The maximum atomic E-state index is 12.2. The van der Waals surface area contributed by atoms with Crippen LogP contribution < -0.4 is 10.2 Å². The molecule has 1 aromatic carbocycles. The number of anilines is 1. The van der Waals surface area contributed by atoms with Crippen LogP contribution in [-0.2, 0) is 11.2 Å². The van der Waals surface area contributed by atoms with Gasteiger partial charge in [0.25, 0.3) is 0 Å². The molecule has 0 saturated carbocycles. The second-order valence-corrected chi connectivity index (χ2v) is 6.48. The molecule has 0 spiro atoms. The van der Waals surface area contributed by atoms with Crippen LogP contribution in [0.2, 0.25) is 0 Å². The third kappa shape index (κ3) is 3.61. The quantitative estimate of drug-likeness (QED) is 0.924. The van der Waals surface area contributed by atoms with Crippen LogP contribution in [-0.4, -0.2) is 50.1 Å². The monoisotopic (exact) mass is 301 g/mol. The summed E-state index contributed by atoms with van der Waals surface area (Å²) in [6.45, 7) is 4.10. The summed E-state index contributed by atoms with van der Waals surface area (Å²) in [7, 11) is 2.05. The Labute approximate surface area is 133 Å². The van der Waals surface area contributed by atoms with Crippen molar-refractivity contribution in [1.82, 2.24) is 10.2 Å². The molecule has 4 nitrogen and oxygen atoms in total. The smallest absolute Gasteiger partial charge is 0.226 e. The van der Waals surface area contributed by atoms with Crippen molar-refractivity contribution >= 4 is 11.6 Å². The van der Waals surface area contributed by atoms with Crippen molar-refractivity contribution in [3.63, 3.8) is 0 Å². The van der Waals surface area contributed by atoms with E-state index in [1.54, 1.807) is 0 Å². The largest absolute Gasteiger partial charge is 0.371 e. The molecule has 2 aliphatic rings. The Bertz CT molecular complexity index is 486. The molecule has 2 fully saturated rings. The molecule has 0 atom stereocenters. The van der Waals surface area contributed by atoms with Gasteiger partial charge in [-0.2, -0.15) is 0 Å². The van der Waals surface area contributed by atoms with Crippen molar-refractivity contribution in [1.29, 1.82) is 0 Å². The minimum atomic E-state index is 0.278. The van der Waals surface area contributed by atoms with E-state index in [2.05, 4.69) is 34.5 Å². The van der Waals surface area contributed by atoms with Crippen molar-refractivity contribution in [3.05, 3.63) is 29.8 Å². The summed E-state index contributed by atoms with van der Waals surface area (Å²) >= 11 is 0. The highest BCUT2D eigenvalue weighted by Gasteiger charge is 2.19. The van der Waals surface area contributed by atoms with Gasteiger partial charge in [-0.25, -0.2) is 0 Å². The van der Waals surface area contributed by atoms with Crippen LogP contribution >= 0.6 is 0 Å². The molecule has 2 saturated heterocycles. The lowest BCUT2D eigenvalue weighted by Gasteiger charge is -2.33. The van der Waals surface area contributed by atoms with Crippen LogP contribution in [0.15, 0.2) is 24.3 Å². The summed E-state index contributed by atoms with van der Waals surface area (Å²) in [5.74, 6) is 0.278. The SMILES string of the molecule is CNC1CCN(c2ccc(CC(=O)N3CCCC3)cc2)CC1. The molecule has 1 amide bonds. The molecule has 2 aliphatic heterocycles. The number of carbonyl (C=O) groups is 1. The van der Waals surface area contributed by atoms with E-state index in [1.165, 1.54) is 18.5 Å². The second-order valence-electron chi connectivity index (χ2n) is 6.48. The average Bonchev–Trinajstić information content (AvgIpc) is 3.10. The van der Waals surface area contributed by atoms with Gasteiger partial charge in [-0.1, -0.05) is 12.1 Å². The Morgan fingerprint density at radius 3 is 2.32 bits per heavy atom. The molecule has 0 bridgehead atoms. The predicted octanol–water partition coefficient (Wildman–Crippen LogP) is 2.04. The first-order valence-electron chi connectivity index (χ1n) is 8.55. The first kappa shape index (κ1) is 15.3.